The van der Waals surface area contributed by atoms with Crippen molar-refractivity contribution in [1.29, 1.82) is 0 Å². The van der Waals surface area contributed by atoms with Gasteiger partial charge in [-0.3, -0.25) is 0 Å². The number of hydrogen-bond donors (Lipinski definition) is 1. The van der Waals surface area contributed by atoms with Crippen LogP contribution in [0.25, 0.3) is 0 Å². The first-order valence-corrected chi connectivity index (χ1v) is 7.76. The lowest BCUT2D eigenvalue weighted by molar-refractivity contribution is 0.448. The maximum atomic E-state index is 11.7. The molecule has 1 fully saturated rings. The van der Waals surface area contributed by atoms with Crippen LogP contribution in [0.2, 0.25) is 0 Å². The Labute approximate surface area is 94.8 Å². The first-order valence-electron chi connectivity index (χ1n) is 4.98. The van der Waals surface area contributed by atoms with Gasteiger partial charge in [0.1, 0.15) is 0 Å². The fourth-order valence-corrected chi connectivity index (χ4v) is 3.93. The van der Waals surface area contributed by atoms with Crippen molar-refractivity contribution in [3.8, 4) is 0 Å². The third kappa shape index (κ3) is 3.87. The van der Waals surface area contributed by atoms with E-state index in [-0.39, 0.29) is 5.54 Å². The summed E-state index contributed by atoms with van der Waals surface area (Å²) in [6, 6.07) is 0. The number of alkyl halides is 1. The van der Waals surface area contributed by atoms with E-state index >= 15 is 0 Å². The van der Waals surface area contributed by atoms with Crippen molar-refractivity contribution in [2.45, 2.75) is 38.6 Å². The van der Waals surface area contributed by atoms with Gasteiger partial charge in [-0.2, -0.15) is 0 Å². The van der Waals surface area contributed by atoms with Crippen molar-refractivity contribution in [1.82, 2.24) is 4.72 Å². The molecule has 0 aromatic heterocycles. The molecule has 1 unspecified atom stereocenters. The molecule has 0 aliphatic heterocycles. The molecule has 84 valence electrons. The molecule has 14 heavy (non-hydrogen) atoms. The van der Waals surface area contributed by atoms with Crippen molar-refractivity contribution in [3.05, 3.63) is 0 Å². The number of hydrogen-bond acceptors (Lipinski definition) is 2. The van der Waals surface area contributed by atoms with Gasteiger partial charge in [-0.1, -0.05) is 22.9 Å². The predicted octanol–water partition coefficient (Wildman–Crippen LogP) is 1.88. The molecule has 0 amide bonds. The van der Waals surface area contributed by atoms with E-state index in [2.05, 4.69) is 20.7 Å². The van der Waals surface area contributed by atoms with Crippen LogP contribution >= 0.6 is 15.9 Å². The number of halogens is 1. The van der Waals surface area contributed by atoms with Crippen molar-refractivity contribution in [2.75, 3.05) is 11.1 Å². The summed E-state index contributed by atoms with van der Waals surface area (Å²) in [5.74, 6) is 0.708. The molecule has 0 spiro atoms. The summed E-state index contributed by atoms with van der Waals surface area (Å²) in [6.07, 6.45) is 2.93. The highest BCUT2D eigenvalue weighted by Crippen LogP contribution is 2.30. The minimum Gasteiger partial charge on any atom is -0.212 e. The lowest BCUT2D eigenvalue weighted by atomic mass is 10.0. The molecule has 1 aliphatic rings. The van der Waals surface area contributed by atoms with Gasteiger partial charge >= 0.3 is 0 Å². The Bertz CT molecular complexity index is 281. The summed E-state index contributed by atoms with van der Waals surface area (Å²) < 4.78 is 26.1. The molecular formula is C9H18BrNO2S. The highest BCUT2D eigenvalue weighted by atomic mass is 79.9. The summed E-state index contributed by atoms with van der Waals surface area (Å²) in [6.45, 7) is 3.91. The van der Waals surface area contributed by atoms with Crippen molar-refractivity contribution in [3.63, 3.8) is 0 Å². The van der Waals surface area contributed by atoms with Crippen LogP contribution in [0.15, 0.2) is 0 Å². The lowest BCUT2D eigenvalue weighted by Gasteiger charge is -2.26. The highest BCUT2D eigenvalue weighted by molar-refractivity contribution is 9.09. The maximum absolute atomic E-state index is 11.7. The van der Waals surface area contributed by atoms with Crippen LogP contribution < -0.4 is 4.72 Å². The zero-order chi connectivity index (χ0) is 10.8. The van der Waals surface area contributed by atoms with Crippen LogP contribution in [0, 0.1) is 5.92 Å². The first kappa shape index (κ1) is 12.5. The Kier molecular flexibility index (Phi) is 4.00. The van der Waals surface area contributed by atoms with Crippen LogP contribution in [0.5, 0.6) is 0 Å². The molecule has 0 saturated heterocycles. The average molecular weight is 284 g/mol. The standard InChI is InChI=1S/C9H18BrNO2S/c1-3-9(2,7-10)11-14(12,13)6-8-4-5-8/h8,11H,3-7H2,1-2H3. The van der Waals surface area contributed by atoms with Gasteiger partial charge in [-0.15, -0.1) is 0 Å². The Morgan fingerprint density at radius 1 is 1.50 bits per heavy atom. The van der Waals surface area contributed by atoms with Gasteiger partial charge in [-0.25, -0.2) is 13.1 Å². The van der Waals surface area contributed by atoms with Gasteiger partial charge in [0.2, 0.25) is 10.0 Å². The topological polar surface area (TPSA) is 46.2 Å². The van der Waals surface area contributed by atoms with Crippen LogP contribution in [0.4, 0.5) is 0 Å². The van der Waals surface area contributed by atoms with E-state index < -0.39 is 10.0 Å². The van der Waals surface area contributed by atoms with E-state index in [9.17, 15) is 8.42 Å². The van der Waals surface area contributed by atoms with Crippen LogP contribution in [0.3, 0.4) is 0 Å². The van der Waals surface area contributed by atoms with Gasteiger partial charge in [0.15, 0.2) is 0 Å². The highest BCUT2D eigenvalue weighted by Gasteiger charge is 2.32. The zero-order valence-corrected chi connectivity index (χ0v) is 11.1. The Morgan fingerprint density at radius 3 is 2.43 bits per heavy atom. The van der Waals surface area contributed by atoms with Gasteiger partial charge in [-0.05, 0) is 32.1 Å². The summed E-state index contributed by atoms with van der Waals surface area (Å²) in [5.41, 5.74) is -0.340. The molecule has 3 nitrogen and oxygen atoms in total. The molecule has 5 heteroatoms. The first-order chi connectivity index (χ1) is 6.41. The molecule has 0 aromatic carbocycles. The van der Waals surface area contributed by atoms with Crippen molar-refractivity contribution in [2.24, 2.45) is 5.92 Å². The van der Waals surface area contributed by atoms with E-state index in [0.29, 0.717) is 17.0 Å². The quantitative estimate of drug-likeness (QED) is 0.757. The summed E-state index contributed by atoms with van der Waals surface area (Å²) >= 11 is 3.34. The normalized spacial score (nSPS) is 21.9. The molecule has 1 saturated carbocycles. The van der Waals surface area contributed by atoms with E-state index in [4.69, 9.17) is 0 Å². The Morgan fingerprint density at radius 2 is 2.07 bits per heavy atom. The molecule has 0 aromatic rings. The smallest absolute Gasteiger partial charge is 0.212 e. The van der Waals surface area contributed by atoms with Crippen LogP contribution in [0.1, 0.15) is 33.1 Å². The average Bonchev–Trinajstić information content (AvgIpc) is 2.86. The second-order valence-electron chi connectivity index (χ2n) is 4.37. The Balaban J connectivity index is 2.55. The van der Waals surface area contributed by atoms with E-state index in [1.54, 1.807) is 0 Å². The van der Waals surface area contributed by atoms with Crippen molar-refractivity contribution >= 4 is 26.0 Å². The zero-order valence-electron chi connectivity index (χ0n) is 8.72. The number of sulfonamides is 1. The van der Waals surface area contributed by atoms with Gasteiger partial charge in [0.25, 0.3) is 0 Å². The fraction of sp³-hybridized carbons (Fsp3) is 1.00. The van der Waals surface area contributed by atoms with E-state index in [1.807, 2.05) is 13.8 Å². The SMILES string of the molecule is CCC(C)(CBr)NS(=O)(=O)CC1CC1. The number of nitrogens with one attached hydrogen (secondary N) is 1. The molecule has 1 aliphatic carbocycles. The Hall–Kier alpha value is 0.390. The van der Waals surface area contributed by atoms with Crippen LogP contribution in [-0.4, -0.2) is 25.0 Å². The third-order valence-corrected chi connectivity index (χ3v) is 5.58. The number of rotatable bonds is 6. The van der Waals surface area contributed by atoms with E-state index in [1.165, 1.54) is 0 Å². The van der Waals surface area contributed by atoms with Gasteiger partial charge in [0, 0.05) is 10.9 Å². The molecular weight excluding hydrogens is 266 g/mol. The maximum Gasteiger partial charge on any atom is 0.212 e. The second-order valence-corrected chi connectivity index (χ2v) is 6.70. The monoisotopic (exact) mass is 283 g/mol. The predicted molar refractivity (Wildman–Crippen MR) is 62.1 cm³/mol. The summed E-state index contributed by atoms with van der Waals surface area (Å²) in [4.78, 5) is 0. The van der Waals surface area contributed by atoms with E-state index in [0.717, 1.165) is 19.3 Å². The fourth-order valence-electron chi connectivity index (χ4n) is 1.21. The third-order valence-electron chi connectivity index (χ3n) is 2.63. The minimum absolute atomic E-state index is 0.301. The lowest BCUT2D eigenvalue weighted by Crippen LogP contribution is -2.47. The minimum atomic E-state index is -3.08. The molecule has 0 bridgehead atoms. The largest absolute Gasteiger partial charge is 0.212 e. The molecule has 1 atom stereocenters. The van der Waals surface area contributed by atoms with Gasteiger partial charge < -0.3 is 0 Å². The molecule has 1 N–H and O–H groups in total. The molecule has 1 rings (SSSR count). The summed E-state index contributed by atoms with van der Waals surface area (Å²) in [5, 5.41) is 0.653. The van der Waals surface area contributed by atoms with Gasteiger partial charge in [0.05, 0.1) is 5.75 Å². The van der Waals surface area contributed by atoms with Crippen molar-refractivity contribution < 1.29 is 8.42 Å². The second kappa shape index (κ2) is 4.49. The molecule has 0 heterocycles. The van der Waals surface area contributed by atoms with Crippen LogP contribution in [-0.2, 0) is 10.0 Å². The molecule has 0 radical (unpaired) electrons. The summed E-state index contributed by atoms with van der Waals surface area (Å²) in [7, 11) is -3.08.